The van der Waals surface area contributed by atoms with Gasteiger partial charge < -0.3 is 29.7 Å². The summed E-state index contributed by atoms with van der Waals surface area (Å²) in [6.07, 6.45) is -0.498. The molecule has 2 fully saturated rings. The van der Waals surface area contributed by atoms with Crippen LogP contribution in [0.15, 0.2) is 41.8 Å². The van der Waals surface area contributed by atoms with Crippen LogP contribution in [0.4, 0.5) is 4.79 Å². The number of hydrogen-bond acceptors (Lipinski definition) is 9. The summed E-state index contributed by atoms with van der Waals surface area (Å²) in [5.74, 6) is -1.19. The SMILES string of the molecule is CNCC(=O)N1CC2(CC1C(=O)NCc1cc(C(=N)NC(=O)Oc3ccccc3)cs1)OCCO2. The highest BCUT2D eigenvalue weighted by atomic mass is 32.1. The van der Waals surface area contributed by atoms with Crippen molar-refractivity contribution in [2.45, 2.75) is 24.8 Å². The molecule has 186 valence electrons. The third kappa shape index (κ3) is 6.03. The van der Waals surface area contributed by atoms with E-state index < -0.39 is 17.9 Å². The van der Waals surface area contributed by atoms with E-state index in [0.717, 1.165) is 4.88 Å². The second kappa shape index (κ2) is 11.0. The maximum atomic E-state index is 13.0. The number of nitrogens with one attached hydrogen (secondary N) is 4. The van der Waals surface area contributed by atoms with Crippen molar-refractivity contribution in [3.05, 3.63) is 52.2 Å². The molecule has 1 spiro atoms. The average molecular weight is 502 g/mol. The topological polar surface area (TPSA) is 142 Å². The zero-order valence-corrected chi connectivity index (χ0v) is 20.0. The molecule has 1 atom stereocenters. The Morgan fingerprint density at radius 2 is 1.97 bits per heavy atom. The Balaban J connectivity index is 1.31. The Morgan fingerprint density at radius 3 is 2.69 bits per heavy atom. The highest BCUT2D eigenvalue weighted by Gasteiger charge is 2.52. The fourth-order valence-electron chi connectivity index (χ4n) is 3.99. The van der Waals surface area contributed by atoms with Crippen molar-refractivity contribution in [2.75, 3.05) is 33.4 Å². The first kappa shape index (κ1) is 24.8. The number of para-hydroxylation sites is 1. The van der Waals surface area contributed by atoms with E-state index in [2.05, 4.69) is 16.0 Å². The lowest BCUT2D eigenvalue weighted by molar-refractivity contribution is -0.152. The minimum atomic E-state index is -0.934. The number of thiophene rings is 1. The standard InChI is InChI=1S/C23H27N5O6S/c1-25-12-19(29)28-14-23(32-7-8-33-23)10-18(28)21(30)26-11-17-9-15(13-35-17)20(24)27-22(31)34-16-5-3-2-4-6-16/h2-6,9,13,18,25H,7-8,10-12,14H2,1H3,(H,26,30)(H2,24,27,31). The molecular weight excluding hydrogens is 474 g/mol. The summed E-state index contributed by atoms with van der Waals surface area (Å²) >= 11 is 1.34. The molecule has 2 saturated heterocycles. The summed E-state index contributed by atoms with van der Waals surface area (Å²) in [6.45, 7) is 1.38. The van der Waals surface area contributed by atoms with Gasteiger partial charge in [-0.2, -0.15) is 0 Å². The zero-order chi connectivity index (χ0) is 24.8. The summed E-state index contributed by atoms with van der Waals surface area (Å²) in [6, 6.07) is 9.56. The van der Waals surface area contributed by atoms with Crippen LogP contribution in [0.25, 0.3) is 0 Å². The second-order valence-corrected chi connectivity index (χ2v) is 9.10. The lowest BCUT2D eigenvalue weighted by atomic mass is 10.1. The number of rotatable bonds is 7. The quantitative estimate of drug-likeness (QED) is 0.328. The lowest BCUT2D eigenvalue weighted by Crippen LogP contribution is -2.48. The van der Waals surface area contributed by atoms with Crippen LogP contribution in [0.3, 0.4) is 0 Å². The number of nitrogens with zero attached hydrogens (tertiary/aromatic N) is 1. The van der Waals surface area contributed by atoms with Crippen molar-refractivity contribution in [2.24, 2.45) is 0 Å². The number of hydrogen-bond donors (Lipinski definition) is 4. The fraction of sp³-hybridized carbons (Fsp3) is 0.391. The van der Waals surface area contributed by atoms with E-state index in [1.807, 2.05) is 0 Å². The van der Waals surface area contributed by atoms with Gasteiger partial charge in [0, 0.05) is 22.2 Å². The number of carbonyl (C=O) groups is 3. The molecule has 3 amide bonds. The van der Waals surface area contributed by atoms with Gasteiger partial charge in [0.05, 0.1) is 32.8 Å². The van der Waals surface area contributed by atoms with Gasteiger partial charge in [-0.05, 0) is 25.2 Å². The van der Waals surface area contributed by atoms with Crippen molar-refractivity contribution >= 4 is 35.1 Å². The monoisotopic (exact) mass is 501 g/mol. The van der Waals surface area contributed by atoms with Gasteiger partial charge in [0.2, 0.25) is 11.8 Å². The molecule has 35 heavy (non-hydrogen) atoms. The third-order valence-corrected chi connectivity index (χ3v) is 6.55. The van der Waals surface area contributed by atoms with E-state index in [1.165, 1.54) is 16.2 Å². The Hall–Kier alpha value is -3.32. The fourth-order valence-corrected chi connectivity index (χ4v) is 4.80. The normalized spacial score (nSPS) is 18.4. The van der Waals surface area contributed by atoms with Gasteiger partial charge in [0.15, 0.2) is 5.79 Å². The molecule has 0 saturated carbocycles. The highest BCUT2D eigenvalue weighted by Crippen LogP contribution is 2.35. The lowest BCUT2D eigenvalue weighted by Gasteiger charge is -2.24. The van der Waals surface area contributed by atoms with E-state index >= 15 is 0 Å². The van der Waals surface area contributed by atoms with E-state index in [1.54, 1.807) is 48.8 Å². The predicted octanol–water partition coefficient (Wildman–Crippen LogP) is 1.04. The smallest absolute Gasteiger partial charge is 0.410 e. The molecule has 4 N–H and O–H groups in total. The van der Waals surface area contributed by atoms with Crippen LogP contribution in [0.1, 0.15) is 16.9 Å². The molecule has 12 heteroatoms. The number of likely N-dealkylation sites (tertiary alicyclic amines) is 1. The van der Waals surface area contributed by atoms with E-state index in [-0.39, 0.29) is 43.7 Å². The van der Waals surface area contributed by atoms with E-state index in [9.17, 15) is 14.4 Å². The Kier molecular flexibility index (Phi) is 7.76. The average Bonchev–Trinajstić information content (AvgIpc) is 3.59. The van der Waals surface area contributed by atoms with E-state index in [0.29, 0.717) is 24.5 Å². The number of likely N-dealkylation sites (N-methyl/N-ethyl adjacent to an activating group) is 1. The Morgan fingerprint density at radius 1 is 1.23 bits per heavy atom. The zero-order valence-electron chi connectivity index (χ0n) is 19.2. The second-order valence-electron chi connectivity index (χ2n) is 8.10. The van der Waals surface area contributed by atoms with Crippen LogP contribution in [0.5, 0.6) is 5.75 Å². The van der Waals surface area contributed by atoms with Crippen LogP contribution in [-0.2, 0) is 25.6 Å². The number of carbonyl (C=O) groups excluding carboxylic acids is 3. The minimum Gasteiger partial charge on any atom is -0.410 e. The van der Waals surface area contributed by atoms with Crippen molar-refractivity contribution in [1.29, 1.82) is 5.41 Å². The molecule has 1 aromatic heterocycles. The van der Waals surface area contributed by atoms with Crippen molar-refractivity contribution in [3.63, 3.8) is 0 Å². The number of amides is 3. The van der Waals surface area contributed by atoms with Gasteiger partial charge >= 0.3 is 6.09 Å². The van der Waals surface area contributed by atoms with Crippen LogP contribution < -0.4 is 20.7 Å². The van der Waals surface area contributed by atoms with Crippen molar-refractivity contribution in [1.82, 2.24) is 20.9 Å². The summed E-state index contributed by atoms with van der Waals surface area (Å²) < 4.78 is 16.6. The molecule has 1 aromatic carbocycles. The van der Waals surface area contributed by atoms with Crippen LogP contribution in [-0.4, -0.2) is 73.8 Å². The maximum absolute atomic E-state index is 13.0. The molecular formula is C23H27N5O6S. The predicted molar refractivity (Wildman–Crippen MR) is 127 cm³/mol. The molecule has 0 bridgehead atoms. The van der Waals surface area contributed by atoms with Gasteiger partial charge in [0.25, 0.3) is 0 Å². The highest BCUT2D eigenvalue weighted by molar-refractivity contribution is 7.10. The Labute approximate surface area is 206 Å². The first-order chi connectivity index (χ1) is 16.9. The summed E-state index contributed by atoms with van der Waals surface area (Å²) in [5, 5.41) is 17.9. The first-order valence-corrected chi connectivity index (χ1v) is 12.0. The third-order valence-electron chi connectivity index (χ3n) is 5.62. The van der Waals surface area contributed by atoms with Crippen molar-refractivity contribution in [3.8, 4) is 5.75 Å². The van der Waals surface area contributed by atoms with Gasteiger partial charge in [-0.1, -0.05) is 18.2 Å². The number of amidine groups is 1. The van der Waals surface area contributed by atoms with Crippen LogP contribution >= 0.6 is 11.3 Å². The molecule has 2 aromatic rings. The molecule has 0 aliphatic carbocycles. The maximum Gasteiger partial charge on any atom is 0.418 e. The number of benzene rings is 1. The molecule has 3 heterocycles. The molecule has 2 aliphatic rings. The summed E-state index contributed by atoms with van der Waals surface area (Å²) in [5.41, 5.74) is 0.489. The van der Waals surface area contributed by atoms with Crippen molar-refractivity contribution < 1.29 is 28.6 Å². The molecule has 0 radical (unpaired) electrons. The molecule has 1 unspecified atom stereocenters. The molecule has 2 aliphatic heterocycles. The molecule has 4 rings (SSSR count). The van der Waals surface area contributed by atoms with Crippen LogP contribution in [0.2, 0.25) is 0 Å². The Bertz CT molecular complexity index is 1090. The molecule has 11 nitrogen and oxygen atoms in total. The van der Waals surface area contributed by atoms with Gasteiger partial charge in [0.1, 0.15) is 17.6 Å². The largest absolute Gasteiger partial charge is 0.418 e. The van der Waals surface area contributed by atoms with Crippen LogP contribution in [0, 0.1) is 5.41 Å². The summed E-state index contributed by atoms with van der Waals surface area (Å²) in [7, 11) is 1.67. The van der Waals surface area contributed by atoms with Gasteiger partial charge in [-0.25, -0.2) is 4.79 Å². The minimum absolute atomic E-state index is 0.107. The number of ether oxygens (including phenoxy) is 3. The first-order valence-electron chi connectivity index (χ1n) is 11.1. The summed E-state index contributed by atoms with van der Waals surface area (Å²) in [4.78, 5) is 39.8. The van der Waals surface area contributed by atoms with Gasteiger partial charge in [-0.15, -0.1) is 11.3 Å². The van der Waals surface area contributed by atoms with E-state index in [4.69, 9.17) is 19.6 Å². The van der Waals surface area contributed by atoms with Gasteiger partial charge in [-0.3, -0.25) is 20.3 Å².